The number of piperidine rings is 1. The fourth-order valence-electron chi connectivity index (χ4n) is 5.38. The maximum absolute atomic E-state index is 13.0. The first-order valence-corrected chi connectivity index (χ1v) is 12.1. The van der Waals surface area contributed by atoms with Crippen LogP contribution in [0.1, 0.15) is 55.7 Å². The molecule has 3 aromatic rings. The second kappa shape index (κ2) is 7.63. The molecule has 6 rings (SSSR count). The summed E-state index contributed by atoms with van der Waals surface area (Å²) in [7, 11) is 0. The Kier molecular flexibility index (Phi) is 4.78. The van der Waals surface area contributed by atoms with Crippen LogP contribution in [0.3, 0.4) is 0 Å². The summed E-state index contributed by atoms with van der Waals surface area (Å²) in [5.41, 5.74) is 11.8. The van der Waals surface area contributed by atoms with Crippen molar-refractivity contribution < 1.29 is 4.79 Å². The van der Waals surface area contributed by atoms with Crippen molar-refractivity contribution in [1.29, 1.82) is 0 Å². The van der Waals surface area contributed by atoms with Gasteiger partial charge in [0, 0.05) is 41.5 Å². The van der Waals surface area contributed by atoms with Crippen LogP contribution in [0.15, 0.2) is 36.7 Å². The number of benzene rings is 1. The van der Waals surface area contributed by atoms with Gasteiger partial charge in [0.05, 0.1) is 18.1 Å². The van der Waals surface area contributed by atoms with Gasteiger partial charge < -0.3 is 16.4 Å². The summed E-state index contributed by atoms with van der Waals surface area (Å²) in [6.45, 7) is 6.26. The summed E-state index contributed by atoms with van der Waals surface area (Å²) in [5, 5.41) is 11.3. The summed E-state index contributed by atoms with van der Waals surface area (Å²) >= 11 is 0. The van der Waals surface area contributed by atoms with Crippen LogP contribution >= 0.6 is 0 Å². The number of carbonyl (C=O) groups is 1. The number of hydrogen-bond acceptors (Lipinski definition) is 6. The molecule has 1 spiro atoms. The quantitative estimate of drug-likeness (QED) is 0.555. The van der Waals surface area contributed by atoms with Gasteiger partial charge in [-0.1, -0.05) is 32.0 Å². The predicted octanol–water partition coefficient (Wildman–Crippen LogP) is 3.19. The van der Waals surface area contributed by atoms with Crippen LogP contribution in [0.5, 0.6) is 0 Å². The molecule has 1 saturated heterocycles. The lowest BCUT2D eigenvalue weighted by Crippen LogP contribution is -2.50. The van der Waals surface area contributed by atoms with Gasteiger partial charge in [0.1, 0.15) is 0 Å². The van der Waals surface area contributed by atoms with Crippen molar-refractivity contribution in [1.82, 2.24) is 30.4 Å². The molecule has 34 heavy (non-hydrogen) atoms. The highest BCUT2D eigenvalue weighted by molar-refractivity contribution is 5.97. The van der Waals surface area contributed by atoms with Gasteiger partial charge in [0.25, 0.3) is 5.91 Å². The Morgan fingerprint density at radius 1 is 1.21 bits per heavy atom. The highest BCUT2D eigenvalue weighted by atomic mass is 16.2. The largest absolute Gasteiger partial charge is 0.382 e. The molecule has 1 aliphatic carbocycles. The molecule has 0 bridgehead atoms. The molecule has 4 N–H and O–H groups in total. The van der Waals surface area contributed by atoms with Crippen LogP contribution in [0.2, 0.25) is 0 Å². The number of nitrogen functional groups attached to an aromatic ring is 1. The molecule has 1 unspecified atom stereocenters. The van der Waals surface area contributed by atoms with E-state index in [-0.39, 0.29) is 28.9 Å². The molecule has 8 heteroatoms. The molecule has 1 atom stereocenters. The third kappa shape index (κ3) is 3.86. The Bertz CT molecular complexity index is 1260. The van der Waals surface area contributed by atoms with Gasteiger partial charge in [0.2, 0.25) is 0 Å². The van der Waals surface area contributed by atoms with E-state index in [0.717, 1.165) is 49.0 Å². The predicted molar refractivity (Wildman–Crippen MR) is 131 cm³/mol. The lowest BCUT2D eigenvalue weighted by molar-refractivity contribution is 0.0921. The lowest BCUT2D eigenvalue weighted by atomic mass is 9.89. The molecule has 2 fully saturated rings. The Morgan fingerprint density at radius 2 is 2.03 bits per heavy atom. The van der Waals surface area contributed by atoms with Crippen LogP contribution < -0.4 is 16.4 Å². The first kappa shape index (κ1) is 21.3. The van der Waals surface area contributed by atoms with Gasteiger partial charge in [0.15, 0.2) is 11.5 Å². The van der Waals surface area contributed by atoms with Crippen molar-refractivity contribution >= 4 is 11.7 Å². The summed E-state index contributed by atoms with van der Waals surface area (Å²) in [5.74, 6) is -0.116. The highest BCUT2D eigenvalue weighted by Gasteiger charge is 2.45. The Labute approximate surface area is 199 Å². The first-order chi connectivity index (χ1) is 16.3. The van der Waals surface area contributed by atoms with Gasteiger partial charge in [-0.05, 0) is 49.1 Å². The first-order valence-electron chi connectivity index (χ1n) is 12.1. The van der Waals surface area contributed by atoms with Gasteiger partial charge in [-0.2, -0.15) is 5.10 Å². The number of nitrogens with zero attached hydrogens (tertiary/aromatic N) is 4. The van der Waals surface area contributed by atoms with Gasteiger partial charge in [-0.3, -0.25) is 9.48 Å². The molecule has 176 valence electrons. The van der Waals surface area contributed by atoms with E-state index in [2.05, 4.69) is 56.4 Å². The summed E-state index contributed by atoms with van der Waals surface area (Å²) in [4.78, 5) is 21.9. The van der Waals surface area contributed by atoms with Crippen LogP contribution in [-0.2, 0) is 13.0 Å². The SMILES string of the molecule is CC1(C)Cc2c(-c3cccc(-c4cnc(N)c(C(=O)NC5CCC6(CC6)NC5)n4)c3)cnn2C1. The average Bonchev–Trinajstić information content (AvgIpc) is 3.36. The van der Waals surface area contributed by atoms with Crippen LogP contribution in [0.4, 0.5) is 5.82 Å². The number of aromatic nitrogens is 4. The number of nitrogens with one attached hydrogen (secondary N) is 2. The molecule has 4 heterocycles. The van der Waals surface area contributed by atoms with Gasteiger partial charge >= 0.3 is 0 Å². The van der Waals surface area contributed by atoms with E-state index in [1.807, 2.05) is 18.3 Å². The molecule has 2 aliphatic heterocycles. The van der Waals surface area contributed by atoms with E-state index < -0.39 is 0 Å². The molecule has 3 aliphatic rings. The molecule has 0 radical (unpaired) electrons. The molecular weight excluding hydrogens is 426 g/mol. The van der Waals surface area contributed by atoms with Gasteiger partial charge in [-0.15, -0.1) is 0 Å². The molecule has 8 nitrogen and oxygen atoms in total. The van der Waals surface area contributed by atoms with Crippen molar-refractivity contribution in [3.63, 3.8) is 0 Å². The summed E-state index contributed by atoms with van der Waals surface area (Å²) < 4.78 is 2.11. The second-order valence-corrected chi connectivity index (χ2v) is 10.9. The van der Waals surface area contributed by atoms with E-state index in [4.69, 9.17) is 5.73 Å². The van der Waals surface area contributed by atoms with Crippen molar-refractivity contribution in [2.24, 2.45) is 5.41 Å². The van der Waals surface area contributed by atoms with Crippen LogP contribution in [-0.4, -0.2) is 43.8 Å². The minimum Gasteiger partial charge on any atom is -0.382 e. The van der Waals surface area contributed by atoms with Crippen molar-refractivity contribution in [2.45, 2.75) is 64.1 Å². The van der Waals surface area contributed by atoms with Crippen LogP contribution in [0, 0.1) is 5.41 Å². The Balaban J connectivity index is 1.24. The number of carbonyl (C=O) groups excluding carboxylic acids is 1. The zero-order valence-electron chi connectivity index (χ0n) is 19.8. The number of anilines is 1. The van der Waals surface area contributed by atoms with E-state index in [9.17, 15) is 4.79 Å². The standard InChI is InChI=1S/C26H31N7O/c1-25(2)11-21-19(13-30-33(21)15-25)16-4-3-5-17(10-16)20-14-28-23(27)22(32-20)24(34)31-18-6-7-26(8-9-26)29-12-18/h3-5,10,13-14,18,29H,6-9,11-12,15H2,1-2H3,(H2,27,28)(H,31,34). The normalized spacial score (nSPS) is 21.9. The topological polar surface area (TPSA) is 111 Å². The fourth-order valence-corrected chi connectivity index (χ4v) is 5.38. The minimum absolute atomic E-state index is 0.0839. The van der Waals surface area contributed by atoms with Crippen molar-refractivity contribution in [3.8, 4) is 22.4 Å². The third-order valence-corrected chi connectivity index (χ3v) is 7.54. The summed E-state index contributed by atoms with van der Waals surface area (Å²) in [6.07, 6.45) is 9.13. The number of fused-ring (bicyclic) bond motifs is 1. The van der Waals surface area contributed by atoms with Gasteiger partial charge in [-0.25, -0.2) is 9.97 Å². The lowest BCUT2D eigenvalue weighted by Gasteiger charge is -2.30. The van der Waals surface area contributed by atoms with E-state index >= 15 is 0 Å². The monoisotopic (exact) mass is 457 g/mol. The number of hydrogen-bond donors (Lipinski definition) is 3. The molecule has 1 saturated carbocycles. The van der Waals surface area contributed by atoms with Crippen LogP contribution in [0.25, 0.3) is 22.4 Å². The zero-order chi connectivity index (χ0) is 23.5. The second-order valence-electron chi connectivity index (χ2n) is 10.9. The molecule has 1 amide bonds. The highest BCUT2D eigenvalue weighted by Crippen LogP contribution is 2.42. The number of rotatable bonds is 4. The number of nitrogens with two attached hydrogens (primary N) is 1. The molecule has 2 aromatic heterocycles. The Morgan fingerprint density at radius 3 is 2.79 bits per heavy atom. The smallest absolute Gasteiger partial charge is 0.274 e. The van der Waals surface area contributed by atoms with E-state index in [1.54, 1.807) is 6.20 Å². The average molecular weight is 458 g/mol. The van der Waals surface area contributed by atoms with Crippen molar-refractivity contribution in [2.75, 3.05) is 12.3 Å². The maximum Gasteiger partial charge on any atom is 0.274 e. The van der Waals surface area contributed by atoms with E-state index in [0.29, 0.717) is 11.2 Å². The maximum atomic E-state index is 13.0. The van der Waals surface area contributed by atoms with Crippen molar-refractivity contribution in [3.05, 3.63) is 48.0 Å². The fraction of sp³-hybridized carbons (Fsp3) is 0.462. The van der Waals surface area contributed by atoms with E-state index in [1.165, 1.54) is 18.5 Å². The minimum atomic E-state index is -0.266. The summed E-state index contributed by atoms with van der Waals surface area (Å²) in [6, 6.07) is 8.26. The number of amides is 1. The molecular formula is C26H31N7O. The Hall–Kier alpha value is -3.26. The molecule has 1 aromatic carbocycles. The zero-order valence-corrected chi connectivity index (χ0v) is 19.8. The third-order valence-electron chi connectivity index (χ3n) is 7.54.